The Balaban J connectivity index is 2.00. The topological polar surface area (TPSA) is 57.5 Å². The quantitative estimate of drug-likeness (QED) is 0.671. The van der Waals surface area contributed by atoms with Crippen molar-refractivity contribution in [2.24, 2.45) is 0 Å². The monoisotopic (exact) mass is 356 g/mol. The van der Waals surface area contributed by atoms with E-state index in [-0.39, 0.29) is 17.3 Å². The minimum atomic E-state index is -0.0328. The van der Waals surface area contributed by atoms with Gasteiger partial charge in [0.25, 0.3) is 0 Å². The first-order valence-corrected chi connectivity index (χ1v) is 9.96. The molecule has 0 saturated heterocycles. The van der Waals surface area contributed by atoms with Gasteiger partial charge in [0.1, 0.15) is 11.5 Å². The summed E-state index contributed by atoms with van der Waals surface area (Å²) in [5.41, 5.74) is 2.19. The molecule has 0 radical (unpaired) electrons. The summed E-state index contributed by atoms with van der Waals surface area (Å²) >= 11 is 1.64. The Labute approximate surface area is 153 Å². The number of phenolic OH excluding ortho intramolecular Hbond substituents is 2. The maximum atomic E-state index is 13.1. The van der Waals surface area contributed by atoms with Gasteiger partial charge in [-0.1, -0.05) is 25.7 Å². The molecule has 0 amide bonds. The van der Waals surface area contributed by atoms with E-state index in [0.717, 1.165) is 41.9 Å². The number of hydrogen-bond donors (Lipinski definition) is 2. The summed E-state index contributed by atoms with van der Waals surface area (Å²) in [6.45, 7) is 0. The van der Waals surface area contributed by atoms with Crippen molar-refractivity contribution in [2.75, 3.05) is 5.75 Å². The molecule has 0 aliphatic carbocycles. The minimum absolute atomic E-state index is 0.0328. The highest BCUT2D eigenvalue weighted by molar-refractivity contribution is 7.99. The number of carbonyl (C=O) groups is 1. The van der Waals surface area contributed by atoms with Crippen LogP contribution in [0.3, 0.4) is 0 Å². The molecule has 0 atom stereocenters. The molecule has 0 bridgehead atoms. The molecule has 0 spiro atoms. The van der Waals surface area contributed by atoms with Crippen molar-refractivity contribution >= 4 is 17.5 Å². The van der Waals surface area contributed by atoms with Crippen molar-refractivity contribution in [1.29, 1.82) is 0 Å². The lowest BCUT2D eigenvalue weighted by atomic mass is 9.94. The van der Waals surface area contributed by atoms with E-state index in [0.29, 0.717) is 11.1 Å². The van der Waals surface area contributed by atoms with Gasteiger partial charge in [0, 0.05) is 16.0 Å². The third-order valence-corrected chi connectivity index (χ3v) is 5.78. The molecule has 1 aliphatic heterocycles. The zero-order valence-electron chi connectivity index (χ0n) is 14.3. The predicted octanol–water partition coefficient (Wildman–Crippen LogP) is 5.32. The molecule has 2 N–H and O–H groups in total. The number of aryl methyl sites for hydroxylation is 1. The van der Waals surface area contributed by atoms with E-state index < -0.39 is 0 Å². The van der Waals surface area contributed by atoms with Gasteiger partial charge in [0.15, 0.2) is 5.78 Å². The van der Waals surface area contributed by atoms with Crippen molar-refractivity contribution in [3.8, 4) is 11.5 Å². The first kappa shape index (κ1) is 17.9. The Bertz CT molecular complexity index is 693. The van der Waals surface area contributed by atoms with Crippen LogP contribution in [0, 0.1) is 0 Å². The van der Waals surface area contributed by atoms with Gasteiger partial charge >= 0.3 is 0 Å². The molecule has 3 nitrogen and oxygen atoms in total. The van der Waals surface area contributed by atoms with E-state index in [1.165, 1.54) is 19.3 Å². The maximum Gasteiger partial charge on any atom is 0.194 e. The summed E-state index contributed by atoms with van der Waals surface area (Å²) in [5.74, 6) is 1.31. The second kappa shape index (κ2) is 8.43. The molecule has 4 heteroatoms. The second-order valence-electron chi connectivity index (χ2n) is 6.57. The predicted molar refractivity (Wildman–Crippen MR) is 102 cm³/mol. The van der Waals surface area contributed by atoms with Gasteiger partial charge in [0.2, 0.25) is 0 Å². The van der Waals surface area contributed by atoms with Crippen LogP contribution in [0.2, 0.25) is 0 Å². The van der Waals surface area contributed by atoms with Crippen molar-refractivity contribution in [3.05, 3.63) is 53.1 Å². The number of aromatic hydroxyl groups is 2. The zero-order valence-corrected chi connectivity index (χ0v) is 15.1. The number of fused-ring (bicyclic) bond motifs is 2. The molecule has 0 aromatic heterocycles. The van der Waals surface area contributed by atoms with Gasteiger partial charge in [-0.3, -0.25) is 4.79 Å². The Morgan fingerprint density at radius 2 is 1.40 bits per heavy atom. The van der Waals surface area contributed by atoms with Crippen LogP contribution in [0.5, 0.6) is 11.5 Å². The van der Waals surface area contributed by atoms with Crippen LogP contribution in [0.25, 0.3) is 0 Å². The third-order valence-electron chi connectivity index (χ3n) is 4.64. The number of benzene rings is 2. The molecule has 25 heavy (non-hydrogen) atoms. The smallest absolute Gasteiger partial charge is 0.194 e. The van der Waals surface area contributed by atoms with Crippen LogP contribution in [0.15, 0.2) is 41.3 Å². The summed E-state index contributed by atoms with van der Waals surface area (Å²) in [6, 6.07) is 9.98. The number of carbonyl (C=O) groups excluding carboxylic acids is 1. The van der Waals surface area contributed by atoms with Crippen LogP contribution < -0.4 is 0 Å². The van der Waals surface area contributed by atoms with E-state index in [2.05, 4.69) is 0 Å². The lowest BCUT2D eigenvalue weighted by Crippen LogP contribution is -2.07. The van der Waals surface area contributed by atoms with Gasteiger partial charge in [-0.25, -0.2) is 0 Å². The van der Waals surface area contributed by atoms with Crippen LogP contribution in [0.1, 0.15) is 60.0 Å². The number of ketones is 1. The Hall–Kier alpha value is -1.94. The summed E-state index contributed by atoms with van der Waals surface area (Å²) in [6.07, 6.45) is 7.76. The Kier molecular flexibility index (Phi) is 6.03. The number of phenols is 2. The van der Waals surface area contributed by atoms with Crippen LogP contribution >= 0.6 is 11.8 Å². The molecule has 1 heterocycles. The van der Waals surface area contributed by atoms with Gasteiger partial charge in [-0.05, 0) is 67.0 Å². The van der Waals surface area contributed by atoms with E-state index >= 15 is 0 Å². The van der Waals surface area contributed by atoms with Gasteiger partial charge < -0.3 is 10.2 Å². The molecule has 1 aliphatic rings. The summed E-state index contributed by atoms with van der Waals surface area (Å²) in [4.78, 5) is 14.0. The first-order chi connectivity index (χ1) is 12.1. The fourth-order valence-electron chi connectivity index (χ4n) is 3.28. The van der Waals surface area contributed by atoms with E-state index in [9.17, 15) is 15.0 Å². The van der Waals surface area contributed by atoms with Crippen LogP contribution in [-0.4, -0.2) is 21.7 Å². The molecule has 2 aromatic carbocycles. The SMILES string of the molecule is O=C1c2ccc(O)cc2CCCCCCCCSc2cc(O)ccc21. The number of thioether (sulfide) groups is 1. The molecule has 0 unspecified atom stereocenters. The largest absolute Gasteiger partial charge is 0.508 e. The lowest BCUT2D eigenvalue weighted by Gasteiger charge is -2.14. The van der Waals surface area contributed by atoms with Crippen molar-refractivity contribution in [3.63, 3.8) is 0 Å². The van der Waals surface area contributed by atoms with Gasteiger partial charge in [-0.15, -0.1) is 11.8 Å². The normalized spacial score (nSPS) is 16.6. The van der Waals surface area contributed by atoms with Crippen molar-refractivity contribution in [2.45, 2.75) is 49.8 Å². The number of hydrogen-bond acceptors (Lipinski definition) is 4. The Morgan fingerprint density at radius 3 is 2.20 bits per heavy atom. The standard InChI is InChI=1S/C21H24O3S/c22-16-8-10-18-15(13-16)7-5-3-1-2-4-6-12-25-20-14-17(23)9-11-19(20)21(18)24/h8-11,13-14,22-23H,1-7,12H2. The second-order valence-corrected chi connectivity index (χ2v) is 7.71. The summed E-state index contributed by atoms with van der Waals surface area (Å²) < 4.78 is 0. The average Bonchev–Trinajstić information content (AvgIpc) is 2.59. The fourth-order valence-corrected chi connectivity index (χ4v) is 4.37. The molecule has 0 saturated carbocycles. The third kappa shape index (κ3) is 4.57. The van der Waals surface area contributed by atoms with Gasteiger partial charge in [-0.2, -0.15) is 0 Å². The Morgan fingerprint density at radius 1 is 0.760 bits per heavy atom. The molecule has 0 fully saturated rings. The highest BCUT2D eigenvalue weighted by Gasteiger charge is 2.18. The molecule has 3 rings (SSSR count). The van der Waals surface area contributed by atoms with Crippen LogP contribution in [-0.2, 0) is 6.42 Å². The van der Waals surface area contributed by atoms with Crippen LogP contribution in [0.4, 0.5) is 0 Å². The first-order valence-electron chi connectivity index (χ1n) is 8.97. The van der Waals surface area contributed by atoms with Crippen molar-refractivity contribution < 1.29 is 15.0 Å². The summed E-state index contributed by atoms with van der Waals surface area (Å²) in [7, 11) is 0. The van der Waals surface area contributed by atoms with E-state index in [1.807, 2.05) is 0 Å². The number of rotatable bonds is 0. The maximum absolute atomic E-state index is 13.1. The molecule has 2 aromatic rings. The minimum Gasteiger partial charge on any atom is -0.508 e. The highest BCUT2D eigenvalue weighted by Crippen LogP contribution is 2.31. The van der Waals surface area contributed by atoms with Gasteiger partial charge in [0.05, 0.1) is 0 Å². The molecular weight excluding hydrogens is 332 g/mol. The van der Waals surface area contributed by atoms with E-state index in [4.69, 9.17) is 0 Å². The summed E-state index contributed by atoms with van der Waals surface area (Å²) in [5, 5.41) is 19.6. The highest BCUT2D eigenvalue weighted by atomic mass is 32.2. The molecule has 132 valence electrons. The van der Waals surface area contributed by atoms with Crippen molar-refractivity contribution in [1.82, 2.24) is 0 Å². The fraction of sp³-hybridized carbons (Fsp3) is 0.381. The zero-order chi connectivity index (χ0) is 17.6. The van der Waals surface area contributed by atoms with E-state index in [1.54, 1.807) is 48.2 Å². The average molecular weight is 356 g/mol. The molecular formula is C21H24O3S. The lowest BCUT2D eigenvalue weighted by molar-refractivity contribution is 0.103.